The van der Waals surface area contributed by atoms with Crippen LogP contribution in [-0.2, 0) is 4.79 Å². The molecule has 0 amide bonds. The summed E-state index contributed by atoms with van der Waals surface area (Å²) in [6.45, 7) is 4.02. The van der Waals surface area contributed by atoms with Gasteiger partial charge in [0.25, 0.3) is 0 Å². The number of hydrogen-bond acceptors (Lipinski definition) is 2. The van der Waals surface area contributed by atoms with Gasteiger partial charge in [-0.15, -0.1) is 0 Å². The van der Waals surface area contributed by atoms with E-state index in [-0.39, 0.29) is 6.10 Å². The van der Waals surface area contributed by atoms with E-state index in [0.717, 1.165) is 36.1 Å². The largest absolute Gasteiger partial charge is 0.491 e. The normalized spacial score (nSPS) is 18.4. The van der Waals surface area contributed by atoms with Crippen LogP contribution in [0.1, 0.15) is 45.1 Å². The van der Waals surface area contributed by atoms with Crippen LogP contribution in [0.2, 0.25) is 0 Å². The van der Waals surface area contributed by atoms with E-state index in [1.165, 1.54) is 0 Å². The summed E-state index contributed by atoms with van der Waals surface area (Å²) in [6.07, 6.45) is 6.00. The molecule has 1 aromatic carbocycles. The fourth-order valence-electron chi connectivity index (χ4n) is 2.17. The molecule has 1 aliphatic carbocycles. The standard InChI is InChI=1S/C16H20O2/c1-12(2)18-15-9-7-13(8-10-15)11-14-5-3-4-6-16(14)17/h7-12H,3-6H2,1-2H3/b14-11-. The number of Topliss-reactive ketones (excluding diaryl/α,β-unsaturated/α-hetero) is 1. The molecule has 0 radical (unpaired) electrons. The van der Waals surface area contributed by atoms with Crippen molar-refractivity contribution in [3.8, 4) is 5.75 Å². The summed E-state index contributed by atoms with van der Waals surface area (Å²) in [5, 5.41) is 0. The van der Waals surface area contributed by atoms with Crippen LogP contribution in [0.15, 0.2) is 29.8 Å². The van der Waals surface area contributed by atoms with Crippen molar-refractivity contribution in [2.24, 2.45) is 0 Å². The van der Waals surface area contributed by atoms with Gasteiger partial charge in [-0.3, -0.25) is 4.79 Å². The number of rotatable bonds is 3. The van der Waals surface area contributed by atoms with Crippen molar-refractivity contribution >= 4 is 11.9 Å². The molecule has 0 saturated heterocycles. The highest BCUT2D eigenvalue weighted by molar-refractivity contribution is 6.00. The zero-order valence-corrected chi connectivity index (χ0v) is 11.1. The highest BCUT2D eigenvalue weighted by atomic mass is 16.5. The van der Waals surface area contributed by atoms with Crippen LogP contribution in [0.5, 0.6) is 5.75 Å². The summed E-state index contributed by atoms with van der Waals surface area (Å²) in [4.78, 5) is 11.7. The third kappa shape index (κ3) is 3.46. The number of allylic oxidation sites excluding steroid dienone is 1. The number of hydrogen-bond donors (Lipinski definition) is 0. The van der Waals surface area contributed by atoms with Gasteiger partial charge in [0, 0.05) is 6.42 Å². The first-order valence-electron chi connectivity index (χ1n) is 6.65. The lowest BCUT2D eigenvalue weighted by Gasteiger charge is -2.13. The first kappa shape index (κ1) is 12.9. The fourth-order valence-corrected chi connectivity index (χ4v) is 2.17. The van der Waals surface area contributed by atoms with E-state index >= 15 is 0 Å². The molecule has 0 spiro atoms. The Labute approximate surface area is 109 Å². The zero-order chi connectivity index (χ0) is 13.0. The zero-order valence-electron chi connectivity index (χ0n) is 11.1. The van der Waals surface area contributed by atoms with Crippen molar-refractivity contribution < 1.29 is 9.53 Å². The van der Waals surface area contributed by atoms with Crippen molar-refractivity contribution in [2.75, 3.05) is 0 Å². The van der Waals surface area contributed by atoms with Crippen molar-refractivity contribution in [3.05, 3.63) is 35.4 Å². The molecule has 0 heterocycles. The van der Waals surface area contributed by atoms with Gasteiger partial charge >= 0.3 is 0 Å². The molecule has 1 aromatic rings. The third-order valence-electron chi connectivity index (χ3n) is 3.05. The Balaban J connectivity index is 2.09. The Bertz CT molecular complexity index is 441. The summed E-state index contributed by atoms with van der Waals surface area (Å²) >= 11 is 0. The van der Waals surface area contributed by atoms with Gasteiger partial charge in [-0.25, -0.2) is 0 Å². The second-order valence-electron chi connectivity index (χ2n) is 5.04. The molecule has 0 aliphatic heterocycles. The van der Waals surface area contributed by atoms with E-state index in [9.17, 15) is 4.79 Å². The lowest BCUT2D eigenvalue weighted by molar-refractivity contribution is -0.116. The van der Waals surface area contributed by atoms with E-state index < -0.39 is 0 Å². The van der Waals surface area contributed by atoms with Crippen molar-refractivity contribution in [2.45, 2.75) is 45.6 Å². The summed E-state index contributed by atoms with van der Waals surface area (Å²) < 4.78 is 5.59. The van der Waals surface area contributed by atoms with Gasteiger partial charge in [0.05, 0.1) is 6.10 Å². The molecule has 1 fully saturated rings. The molecule has 0 aromatic heterocycles. The van der Waals surface area contributed by atoms with Gasteiger partial charge in [-0.05, 0) is 62.5 Å². The predicted octanol–water partition coefficient (Wildman–Crippen LogP) is 4.00. The summed E-state index contributed by atoms with van der Waals surface area (Å²) in [5.74, 6) is 1.19. The topological polar surface area (TPSA) is 26.3 Å². The summed E-state index contributed by atoms with van der Waals surface area (Å²) in [6, 6.07) is 7.93. The molecular formula is C16H20O2. The summed E-state index contributed by atoms with van der Waals surface area (Å²) in [5.41, 5.74) is 2.05. The second kappa shape index (κ2) is 5.85. The highest BCUT2D eigenvalue weighted by Crippen LogP contribution is 2.23. The van der Waals surface area contributed by atoms with Crippen LogP contribution in [-0.4, -0.2) is 11.9 Å². The monoisotopic (exact) mass is 244 g/mol. The predicted molar refractivity (Wildman–Crippen MR) is 73.7 cm³/mol. The summed E-state index contributed by atoms with van der Waals surface area (Å²) in [7, 11) is 0. The number of benzene rings is 1. The second-order valence-corrected chi connectivity index (χ2v) is 5.04. The molecule has 2 heteroatoms. The maximum absolute atomic E-state index is 11.7. The first-order valence-corrected chi connectivity index (χ1v) is 6.65. The Hall–Kier alpha value is -1.57. The lowest BCUT2D eigenvalue weighted by Crippen LogP contribution is -2.08. The molecule has 0 atom stereocenters. The molecule has 1 aliphatic rings. The van der Waals surface area contributed by atoms with Gasteiger partial charge in [0.15, 0.2) is 5.78 Å². The van der Waals surface area contributed by atoms with Gasteiger partial charge < -0.3 is 4.74 Å². The SMILES string of the molecule is CC(C)Oc1ccc(/C=C2/CCCCC2=O)cc1. The Morgan fingerprint density at radius 1 is 1.11 bits per heavy atom. The fraction of sp³-hybridized carbons (Fsp3) is 0.438. The molecule has 0 unspecified atom stereocenters. The van der Waals surface area contributed by atoms with Crippen molar-refractivity contribution in [3.63, 3.8) is 0 Å². The smallest absolute Gasteiger partial charge is 0.158 e. The molecule has 0 N–H and O–H groups in total. The maximum Gasteiger partial charge on any atom is 0.158 e. The van der Waals surface area contributed by atoms with Crippen molar-refractivity contribution in [1.82, 2.24) is 0 Å². The molecule has 2 rings (SSSR count). The van der Waals surface area contributed by atoms with E-state index in [0.29, 0.717) is 12.2 Å². The number of carbonyl (C=O) groups is 1. The average molecular weight is 244 g/mol. The molecule has 2 nitrogen and oxygen atoms in total. The van der Waals surface area contributed by atoms with Crippen LogP contribution in [0.3, 0.4) is 0 Å². The Morgan fingerprint density at radius 3 is 2.39 bits per heavy atom. The van der Waals surface area contributed by atoms with Crippen LogP contribution in [0.25, 0.3) is 6.08 Å². The van der Waals surface area contributed by atoms with Gasteiger partial charge in [-0.2, -0.15) is 0 Å². The average Bonchev–Trinajstić information content (AvgIpc) is 2.34. The minimum atomic E-state index is 0.189. The molecular weight excluding hydrogens is 224 g/mol. The quantitative estimate of drug-likeness (QED) is 0.751. The Kier molecular flexibility index (Phi) is 4.19. The van der Waals surface area contributed by atoms with Gasteiger partial charge in [0.2, 0.25) is 0 Å². The van der Waals surface area contributed by atoms with E-state index in [1.807, 2.05) is 44.2 Å². The van der Waals surface area contributed by atoms with Crippen molar-refractivity contribution in [1.29, 1.82) is 0 Å². The number of carbonyl (C=O) groups excluding carboxylic acids is 1. The maximum atomic E-state index is 11.7. The van der Waals surface area contributed by atoms with E-state index in [4.69, 9.17) is 4.74 Å². The van der Waals surface area contributed by atoms with Crippen LogP contribution < -0.4 is 4.74 Å². The van der Waals surface area contributed by atoms with E-state index in [2.05, 4.69) is 0 Å². The third-order valence-corrected chi connectivity index (χ3v) is 3.05. The minimum absolute atomic E-state index is 0.189. The molecule has 96 valence electrons. The first-order chi connectivity index (χ1) is 8.65. The molecule has 18 heavy (non-hydrogen) atoms. The molecule has 0 bridgehead atoms. The van der Waals surface area contributed by atoms with Gasteiger partial charge in [-0.1, -0.05) is 12.1 Å². The minimum Gasteiger partial charge on any atom is -0.491 e. The van der Waals surface area contributed by atoms with Crippen LogP contribution in [0, 0.1) is 0 Å². The van der Waals surface area contributed by atoms with Gasteiger partial charge in [0.1, 0.15) is 5.75 Å². The Morgan fingerprint density at radius 2 is 1.78 bits per heavy atom. The number of ketones is 1. The van der Waals surface area contributed by atoms with Crippen LogP contribution in [0.4, 0.5) is 0 Å². The van der Waals surface area contributed by atoms with E-state index in [1.54, 1.807) is 0 Å². The lowest BCUT2D eigenvalue weighted by atomic mass is 9.92. The molecule has 1 saturated carbocycles. The highest BCUT2D eigenvalue weighted by Gasteiger charge is 2.14. The van der Waals surface area contributed by atoms with Crippen LogP contribution >= 0.6 is 0 Å². The number of ether oxygens (including phenoxy) is 1.